The van der Waals surface area contributed by atoms with Crippen molar-refractivity contribution in [1.82, 2.24) is 10.2 Å². The first kappa shape index (κ1) is 13.3. The number of piperidine rings is 1. The Morgan fingerprint density at radius 3 is 2.71 bits per heavy atom. The molecule has 1 aliphatic heterocycles. The number of hydrogen-bond donors (Lipinski definition) is 3. The van der Waals surface area contributed by atoms with E-state index < -0.39 is 11.9 Å². The van der Waals surface area contributed by atoms with E-state index in [0.29, 0.717) is 19.5 Å². The van der Waals surface area contributed by atoms with Crippen LogP contribution in [0.25, 0.3) is 0 Å². The molecular weight excluding hydrogens is 226 g/mol. The lowest BCUT2D eigenvalue weighted by molar-refractivity contribution is -0.136. The van der Waals surface area contributed by atoms with Gasteiger partial charge in [-0.3, -0.25) is 9.59 Å². The Balaban J connectivity index is 2.35. The van der Waals surface area contributed by atoms with Crippen LogP contribution >= 0.6 is 0 Å². The van der Waals surface area contributed by atoms with Gasteiger partial charge < -0.3 is 21.1 Å². The molecule has 0 saturated carbocycles. The van der Waals surface area contributed by atoms with Gasteiger partial charge >= 0.3 is 12.0 Å². The molecule has 17 heavy (non-hydrogen) atoms. The molecule has 96 valence electrons. The number of nitrogens with zero attached hydrogens (tertiary/aromatic N) is 1. The lowest BCUT2D eigenvalue weighted by Crippen LogP contribution is -2.48. The Labute approximate surface area is 98.9 Å². The number of carbonyl (C=O) groups is 3. The quantitative estimate of drug-likeness (QED) is 0.610. The van der Waals surface area contributed by atoms with Crippen LogP contribution in [-0.4, -0.2) is 47.5 Å². The predicted molar refractivity (Wildman–Crippen MR) is 59.1 cm³/mol. The van der Waals surface area contributed by atoms with Gasteiger partial charge in [0.25, 0.3) is 0 Å². The molecule has 1 rings (SSSR count). The van der Waals surface area contributed by atoms with Gasteiger partial charge in [0.05, 0.1) is 12.3 Å². The molecule has 0 spiro atoms. The van der Waals surface area contributed by atoms with Gasteiger partial charge in [-0.15, -0.1) is 0 Å². The fraction of sp³-hybridized carbons (Fsp3) is 0.700. The summed E-state index contributed by atoms with van der Waals surface area (Å²) in [6, 6.07) is -0.336. The Kier molecular flexibility index (Phi) is 4.74. The summed E-state index contributed by atoms with van der Waals surface area (Å²) in [7, 11) is 0. The molecule has 1 unspecified atom stereocenters. The maximum absolute atomic E-state index is 11.6. The van der Waals surface area contributed by atoms with Gasteiger partial charge in [-0.1, -0.05) is 0 Å². The molecular formula is C10H17N3O4. The third kappa shape index (κ3) is 4.29. The number of hydrogen-bond acceptors (Lipinski definition) is 3. The summed E-state index contributed by atoms with van der Waals surface area (Å²) in [5.74, 6) is -1.65. The van der Waals surface area contributed by atoms with E-state index >= 15 is 0 Å². The van der Waals surface area contributed by atoms with Crippen LogP contribution in [0.2, 0.25) is 0 Å². The van der Waals surface area contributed by atoms with Crippen molar-refractivity contribution in [2.45, 2.75) is 19.3 Å². The number of nitrogens with one attached hydrogen (secondary N) is 1. The van der Waals surface area contributed by atoms with Gasteiger partial charge in [0, 0.05) is 19.6 Å². The number of aliphatic carboxylic acids is 1. The van der Waals surface area contributed by atoms with E-state index in [0.717, 1.165) is 6.42 Å². The zero-order valence-electron chi connectivity index (χ0n) is 9.52. The van der Waals surface area contributed by atoms with Crippen molar-refractivity contribution in [3.05, 3.63) is 0 Å². The van der Waals surface area contributed by atoms with E-state index in [-0.39, 0.29) is 24.9 Å². The van der Waals surface area contributed by atoms with E-state index in [9.17, 15) is 14.4 Å². The van der Waals surface area contributed by atoms with Crippen LogP contribution in [-0.2, 0) is 9.59 Å². The largest absolute Gasteiger partial charge is 0.481 e. The minimum atomic E-state index is -0.959. The Hall–Kier alpha value is -1.79. The van der Waals surface area contributed by atoms with Gasteiger partial charge in [-0.05, 0) is 12.8 Å². The zero-order chi connectivity index (χ0) is 12.8. The Morgan fingerprint density at radius 1 is 1.41 bits per heavy atom. The number of rotatable bonds is 4. The molecule has 1 aliphatic rings. The molecule has 0 aromatic heterocycles. The maximum Gasteiger partial charge on any atom is 0.317 e. The fourth-order valence-corrected chi connectivity index (χ4v) is 1.78. The minimum Gasteiger partial charge on any atom is -0.481 e. The number of likely N-dealkylation sites (tertiary alicyclic amines) is 1. The monoisotopic (exact) mass is 243 g/mol. The van der Waals surface area contributed by atoms with Crippen LogP contribution in [0.15, 0.2) is 0 Å². The number of nitrogens with two attached hydrogens (primary N) is 1. The maximum atomic E-state index is 11.6. The van der Waals surface area contributed by atoms with Gasteiger partial charge in [0.15, 0.2) is 0 Å². The highest BCUT2D eigenvalue weighted by molar-refractivity contribution is 5.79. The molecule has 7 nitrogen and oxygen atoms in total. The van der Waals surface area contributed by atoms with Crippen LogP contribution in [0.5, 0.6) is 0 Å². The van der Waals surface area contributed by atoms with Crippen LogP contribution < -0.4 is 11.1 Å². The highest BCUT2D eigenvalue weighted by atomic mass is 16.4. The average molecular weight is 243 g/mol. The second kappa shape index (κ2) is 6.07. The van der Waals surface area contributed by atoms with E-state index in [2.05, 4.69) is 5.32 Å². The second-order valence-corrected chi connectivity index (χ2v) is 4.06. The molecule has 1 fully saturated rings. The summed E-state index contributed by atoms with van der Waals surface area (Å²) in [6.07, 6.45) is 1.33. The number of carbonyl (C=O) groups excluding carboxylic acids is 2. The average Bonchev–Trinajstić information content (AvgIpc) is 2.28. The highest BCUT2D eigenvalue weighted by Gasteiger charge is 2.26. The van der Waals surface area contributed by atoms with Crippen LogP contribution in [0.1, 0.15) is 19.3 Å². The van der Waals surface area contributed by atoms with Crippen molar-refractivity contribution < 1.29 is 19.5 Å². The summed E-state index contributed by atoms with van der Waals surface area (Å²) < 4.78 is 0. The smallest absolute Gasteiger partial charge is 0.317 e. The van der Waals surface area contributed by atoms with Crippen molar-refractivity contribution in [2.75, 3.05) is 19.6 Å². The molecule has 3 amide bonds. The van der Waals surface area contributed by atoms with E-state index in [4.69, 9.17) is 10.8 Å². The zero-order valence-corrected chi connectivity index (χ0v) is 9.52. The predicted octanol–water partition coefficient (Wildman–Crippen LogP) is -0.632. The molecule has 0 aromatic carbocycles. The van der Waals surface area contributed by atoms with Crippen molar-refractivity contribution in [1.29, 1.82) is 0 Å². The number of urea groups is 1. The number of primary amides is 1. The summed E-state index contributed by atoms with van der Waals surface area (Å²) in [5, 5.41) is 10.9. The normalized spacial score (nSPS) is 19.8. The topological polar surface area (TPSA) is 113 Å². The van der Waals surface area contributed by atoms with E-state index in [1.165, 1.54) is 4.90 Å². The number of carboxylic acids is 1. The van der Waals surface area contributed by atoms with E-state index in [1.54, 1.807) is 0 Å². The summed E-state index contributed by atoms with van der Waals surface area (Å²) in [6.45, 7) is 0.975. The standard InChI is InChI=1S/C10H17N3O4/c11-9(16)7-2-1-5-13(6-7)10(17)12-4-3-8(14)15/h7H,1-6H2,(H2,11,16)(H,12,17)(H,14,15). The Bertz CT molecular complexity index is 319. The lowest BCUT2D eigenvalue weighted by atomic mass is 9.98. The molecule has 4 N–H and O–H groups in total. The van der Waals surface area contributed by atoms with Crippen molar-refractivity contribution in [3.8, 4) is 0 Å². The Morgan fingerprint density at radius 2 is 2.12 bits per heavy atom. The van der Waals surface area contributed by atoms with Gasteiger partial charge in [-0.2, -0.15) is 0 Å². The first-order chi connectivity index (χ1) is 8.00. The minimum absolute atomic E-state index is 0.0892. The number of carboxylic acid groups (broad SMARTS) is 1. The van der Waals surface area contributed by atoms with Gasteiger partial charge in [0.2, 0.25) is 5.91 Å². The van der Waals surface area contributed by atoms with Crippen LogP contribution in [0, 0.1) is 5.92 Å². The first-order valence-electron chi connectivity index (χ1n) is 5.54. The molecule has 1 atom stereocenters. The molecule has 1 heterocycles. The number of amides is 3. The molecule has 7 heteroatoms. The van der Waals surface area contributed by atoms with Crippen LogP contribution in [0.3, 0.4) is 0 Å². The van der Waals surface area contributed by atoms with Gasteiger partial charge in [0.1, 0.15) is 0 Å². The van der Waals surface area contributed by atoms with Crippen LogP contribution in [0.4, 0.5) is 4.79 Å². The second-order valence-electron chi connectivity index (χ2n) is 4.06. The van der Waals surface area contributed by atoms with Crippen molar-refractivity contribution >= 4 is 17.9 Å². The third-order valence-electron chi connectivity index (χ3n) is 2.73. The first-order valence-corrected chi connectivity index (χ1v) is 5.54. The summed E-state index contributed by atoms with van der Waals surface area (Å²) >= 11 is 0. The SMILES string of the molecule is NC(=O)C1CCCN(C(=O)NCCC(=O)O)C1. The van der Waals surface area contributed by atoms with Crippen molar-refractivity contribution in [3.63, 3.8) is 0 Å². The third-order valence-corrected chi connectivity index (χ3v) is 2.73. The molecule has 0 aliphatic carbocycles. The lowest BCUT2D eigenvalue weighted by Gasteiger charge is -2.31. The van der Waals surface area contributed by atoms with Gasteiger partial charge in [-0.25, -0.2) is 4.79 Å². The summed E-state index contributed by atoms with van der Waals surface area (Å²) in [4.78, 5) is 34.4. The molecule has 0 aromatic rings. The fourth-order valence-electron chi connectivity index (χ4n) is 1.78. The molecule has 0 bridgehead atoms. The molecule has 1 saturated heterocycles. The van der Waals surface area contributed by atoms with E-state index in [1.807, 2.05) is 0 Å². The molecule has 0 radical (unpaired) electrons. The highest BCUT2D eigenvalue weighted by Crippen LogP contribution is 2.15. The summed E-state index contributed by atoms with van der Waals surface area (Å²) in [5.41, 5.74) is 5.19. The van der Waals surface area contributed by atoms with Crippen molar-refractivity contribution in [2.24, 2.45) is 11.7 Å².